The summed E-state index contributed by atoms with van der Waals surface area (Å²) in [6.45, 7) is 6.13. The van der Waals surface area contributed by atoms with E-state index in [0.29, 0.717) is 19.5 Å². The third-order valence-electron chi connectivity index (χ3n) is 4.60. The molecule has 1 aliphatic heterocycles. The number of nitrogens with zero attached hydrogens (tertiary/aromatic N) is 1. The molecule has 1 fully saturated rings. The molecule has 0 radical (unpaired) electrons. The Labute approximate surface area is 155 Å². The number of carbonyl (C=O) groups excluding carboxylic acids is 2. The van der Waals surface area contributed by atoms with Gasteiger partial charge in [0.1, 0.15) is 0 Å². The summed E-state index contributed by atoms with van der Waals surface area (Å²) >= 11 is 0. The zero-order chi connectivity index (χ0) is 19.3. The van der Waals surface area contributed by atoms with Crippen molar-refractivity contribution in [1.82, 2.24) is 10.2 Å². The maximum Gasteiger partial charge on any atom is 0.255 e. The first-order valence-corrected chi connectivity index (χ1v) is 10.7. The number of piperidine rings is 1. The van der Waals surface area contributed by atoms with Gasteiger partial charge in [0.15, 0.2) is 9.84 Å². The van der Waals surface area contributed by atoms with Gasteiger partial charge in [-0.2, -0.15) is 0 Å². The summed E-state index contributed by atoms with van der Waals surface area (Å²) in [6, 6.07) is 6.29. The number of hydrogen-bond acceptors (Lipinski definition) is 4. The van der Waals surface area contributed by atoms with Crippen LogP contribution in [0.4, 0.5) is 0 Å². The normalized spacial score (nSPS) is 18.0. The van der Waals surface area contributed by atoms with Crippen LogP contribution in [0.2, 0.25) is 0 Å². The molecule has 7 heteroatoms. The van der Waals surface area contributed by atoms with Gasteiger partial charge in [0.25, 0.3) is 5.91 Å². The number of benzene rings is 1. The molecule has 0 spiro atoms. The molecule has 1 saturated heterocycles. The van der Waals surface area contributed by atoms with Crippen LogP contribution in [0.15, 0.2) is 29.2 Å². The van der Waals surface area contributed by atoms with Crippen LogP contribution in [-0.2, 0) is 14.6 Å². The molecule has 1 unspecified atom stereocenters. The van der Waals surface area contributed by atoms with Crippen LogP contribution in [0, 0.1) is 0 Å². The van der Waals surface area contributed by atoms with E-state index in [2.05, 4.69) is 5.32 Å². The van der Waals surface area contributed by atoms with Gasteiger partial charge in [0.05, 0.1) is 15.7 Å². The summed E-state index contributed by atoms with van der Waals surface area (Å²) in [5, 5.41) is 2.37. The molecule has 0 aliphatic carbocycles. The third-order valence-corrected chi connectivity index (χ3v) is 6.81. The van der Waals surface area contributed by atoms with Crippen molar-refractivity contribution in [2.45, 2.75) is 62.6 Å². The van der Waals surface area contributed by atoms with E-state index in [-0.39, 0.29) is 28.3 Å². The average molecular weight is 381 g/mol. The Morgan fingerprint density at radius 2 is 1.96 bits per heavy atom. The van der Waals surface area contributed by atoms with Gasteiger partial charge in [0, 0.05) is 25.6 Å². The maximum atomic E-state index is 13.0. The van der Waals surface area contributed by atoms with Crippen LogP contribution < -0.4 is 5.32 Å². The van der Waals surface area contributed by atoms with E-state index in [1.54, 1.807) is 36.9 Å². The van der Waals surface area contributed by atoms with Crippen molar-refractivity contribution < 1.29 is 18.0 Å². The average Bonchev–Trinajstić information content (AvgIpc) is 2.61. The van der Waals surface area contributed by atoms with Crippen molar-refractivity contribution in [1.29, 1.82) is 0 Å². The fourth-order valence-corrected chi connectivity index (χ4v) is 4.36. The van der Waals surface area contributed by atoms with Gasteiger partial charge in [-0.25, -0.2) is 8.42 Å². The summed E-state index contributed by atoms with van der Waals surface area (Å²) in [6.07, 6.45) is 2.86. The number of amides is 2. The molecule has 1 aliphatic rings. The van der Waals surface area contributed by atoms with Gasteiger partial charge in [-0.15, -0.1) is 0 Å². The van der Waals surface area contributed by atoms with E-state index >= 15 is 0 Å². The minimum absolute atomic E-state index is 0.00501. The Balaban J connectivity index is 2.20. The monoisotopic (exact) mass is 380 g/mol. The topological polar surface area (TPSA) is 83.6 Å². The molecule has 26 heavy (non-hydrogen) atoms. The van der Waals surface area contributed by atoms with E-state index in [0.717, 1.165) is 19.3 Å². The number of rotatable bonds is 6. The van der Waals surface area contributed by atoms with Gasteiger partial charge in [-0.05, 0) is 45.2 Å². The van der Waals surface area contributed by atoms with Crippen LogP contribution in [0.1, 0.15) is 56.8 Å². The zero-order valence-electron chi connectivity index (χ0n) is 15.7. The fraction of sp³-hybridized carbons (Fsp3) is 0.579. The lowest BCUT2D eigenvalue weighted by atomic mass is 10.0. The van der Waals surface area contributed by atoms with E-state index in [1.165, 1.54) is 6.07 Å². The SMILES string of the molecule is CCCC(=O)NC1CCCN(C(=O)c2ccccc2S(=O)(=O)C(C)C)C1. The molecule has 1 heterocycles. The summed E-state index contributed by atoms with van der Waals surface area (Å²) in [5.41, 5.74) is 0.210. The van der Waals surface area contributed by atoms with E-state index < -0.39 is 15.1 Å². The molecular weight excluding hydrogens is 352 g/mol. The highest BCUT2D eigenvalue weighted by molar-refractivity contribution is 7.92. The minimum atomic E-state index is -3.55. The Kier molecular flexibility index (Phi) is 6.81. The summed E-state index contributed by atoms with van der Waals surface area (Å²) in [4.78, 5) is 26.5. The van der Waals surface area contributed by atoms with Crippen LogP contribution in [0.3, 0.4) is 0 Å². The number of hydrogen-bond donors (Lipinski definition) is 1. The van der Waals surface area contributed by atoms with Crippen LogP contribution in [0.25, 0.3) is 0 Å². The molecule has 0 bridgehead atoms. The summed E-state index contributed by atoms with van der Waals surface area (Å²) < 4.78 is 25.2. The molecule has 1 aromatic carbocycles. The van der Waals surface area contributed by atoms with Gasteiger partial charge >= 0.3 is 0 Å². The lowest BCUT2D eigenvalue weighted by molar-refractivity contribution is -0.122. The maximum absolute atomic E-state index is 13.0. The Morgan fingerprint density at radius 3 is 2.62 bits per heavy atom. The second kappa shape index (κ2) is 8.66. The molecule has 2 amide bonds. The summed E-state index contributed by atoms with van der Waals surface area (Å²) in [7, 11) is -3.55. The lowest BCUT2D eigenvalue weighted by Crippen LogP contribution is -2.49. The highest BCUT2D eigenvalue weighted by Gasteiger charge is 2.30. The highest BCUT2D eigenvalue weighted by Crippen LogP contribution is 2.23. The highest BCUT2D eigenvalue weighted by atomic mass is 32.2. The zero-order valence-corrected chi connectivity index (χ0v) is 16.5. The second-order valence-electron chi connectivity index (χ2n) is 7.00. The van der Waals surface area contributed by atoms with E-state index in [1.807, 2.05) is 6.92 Å². The Hall–Kier alpha value is -1.89. The minimum Gasteiger partial charge on any atom is -0.352 e. The van der Waals surface area contributed by atoms with E-state index in [9.17, 15) is 18.0 Å². The molecule has 1 N–H and O–H groups in total. The van der Waals surface area contributed by atoms with Crippen molar-refractivity contribution >= 4 is 21.7 Å². The number of sulfone groups is 1. The number of nitrogens with one attached hydrogen (secondary N) is 1. The first kappa shape index (κ1) is 20.4. The second-order valence-corrected chi connectivity index (χ2v) is 9.47. The van der Waals surface area contributed by atoms with Crippen molar-refractivity contribution in [3.05, 3.63) is 29.8 Å². The molecule has 144 valence electrons. The standard InChI is InChI=1S/C19H28N2O4S/c1-4-8-18(22)20-15-9-7-12-21(13-15)19(23)16-10-5-6-11-17(16)26(24,25)14(2)3/h5-6,10-11,14-15H,4,7-9,12-13H2,1-3H3,(H,20,22). The predicted octanol–water partition coefficient (Wildman–Crippen LogP) is 2.39. The first-order chi connectivity index (χ1) is 12.3. The molecule has 1 aromatic rings. The quantitative estimate of drug-likeness (QED) is 0.821. The Morgan fingerprint density at radius 1 is 1.27 bits per heavy atom. The largest absolute Gasteiger partial charge is 0.352 e. The third kappa shape index (κ3) is 4.63. The van der Waals surface area contributed by atoms with Crippen molar-refractivity contribution in [3.8, 4) is 0 Å². The molecule has 1 atom stereocenters. The smallest absolute Gasteiger partial charge is 0.255 e. The molecule has 0 aromatic heterocycles. The van der Waals surface area contributed by atoms with Crippen molar-refractivity contribution in [2.75, 3.05) is 13.1 Å². The van der Waals surface area contributed by atoms with Crippen LogP contribution in [-0.4, -0.2) is 49.5 Å². The summed E-state index contributed by atoms with van der Waals surface area (Å²) in [5.74, 6) is -0.297. The van der Waals surface area contributed by atoms with Gasteiger partial charge in [-0.1, -0.05) is 19.1 Å². The first-order valence-electron chi connectivity index (χ1n) is 9.19. The number of likely N-dealkylation sites (tertiary alicyclic amines) is 1. The molecular formula is C19H28N2O4S. The van der Waals surface area contributed by atoms with Crippen molar-refractivity contribution in [3.63, 3.8) is 0 Å². The van der Waals surface area contributed by atoms with Gasteiger partial charge in [0.2, 0.25) is 5.91 Å². The fourth-order valence-electron chi connectivity index (χ4n) is 3.12. The molecule has 2 rings (SSSR count). The van der Waals surface area contributed by atoms with Crippen molar-refractivity contribution in [2.24, 2.45) is 0 Å². The lowest BCUT2D eigenvalue weighted by Gasteiger charge is -2.33. The van der Waals surface area contributed by atoms with Gasteiger partial charge in [-0.3, -0.25) is 9.59 Å². The van der Waals surface area contributed by atoms with Gasteiger partial charge < -0.3 is 10.2 Å². The predicted molar refractivity (Wildman–Crippen MR) is 101 cm³/mol. The van der Waals surface area contributed by atoms with Crippen LogP contribution in [0.5, 0.6) is 0 Å². The number of carbonyl (C=O) groups is 2. The van der Waals surface area contributed by atoms with Crippen LogP contribution >= 0.6 is 0 Å². The molecule has 0 saturated carbocycles. The van der Waals surface area contributed by atoms with E-state index in [4.69, 9.17) is 0 Å². The Bertz CT molecular complexity index is 759. The molecule has 6 nitrogen and oxygen atoms in total.